The SMILES string of the molecule is CS(=O)(=O)c1ccc(-c2ccnc(Cl)c2)cc1. The minimum Gasteiger partial charge on any atom is -0.245 e. The monoisotopic (exact) mass is 267 g/mol. The van der Waals surface area contributed by atoms with Gasteiger partial charge in [0.05, 0.1) is 4.90 Å². The average Bonchev–Trinajstić information content (AvgIpc) is 2.28. The summed E-state index contributed by atoms with van der Waals surface area (Å²) in [5, 5.41) is 0.412. The Morgan fingerprint density at radius 2 is 1.71 bits per heavy atom. The second kappa shape index (κ2) is 4.47. The molecule has 2 rings (SSSR count). The first kappa shape index (κ1) is 12.1. The van der Waals surface area contributed by atoms with Gasteiger partial charge in [0.1, 0.15) is 5.15 Å². The Kier molecular flexibility index (Phi) is 3.17. The van der Waals surface area contributed by atoms with Gasteiger partial charge >= 0.3 is 0 Å². The largest absolute Gasteiger partial charge is 0.245 e. The lowest BCUT2D eigenvalue weighted by molar-refractivity contribution is 0.602. The molecule has 0 saturated heterocycles. The summed E-state index contributed by atoms with van der Waals surface area (Å²) >= 11 is 5.79. The van der Waals surface area contributed by atoms with Crippen LogP contribution in [0.15, 0.2) is 47.5 Å². The molecule has 0 spiro atoms. The molecule has 1 aromatic carbocycles. The number of benzene rings is 1. The number of aromatic nitrogens is 1. The topological polar surface area (TPSA) is 47.0 Å². The zero-order valence-electron chi connectivity index (χ0n) is 9.09. The molecule has 0 N–H and O–H groups in total. The highest BCUT2D eigenvalue weighted by atomic mass is 35.5. The fourth-order valence-corrected chi connectivity index (χ4v) is 2.28. The highest BCUT2D eigenvalue weighted by molar-refractivity contribution is 7.90. The molecule has 17 heavy (non-hydrogen) atoms. The van der Waals surface area contributed by atoms with Crippen LogP contribution in [0.2, 0.25) is 5.15 Å². The average molecular weight is 268 g/mol. The first-order valence-electron chi connectivity index (χ1n) is 4.89. The van der Waals surface area contributed by atoms with Crippen molar-refractivity contribution < 1.29 is 8.42 Å². The number of rotatable bonds is 2. The van der Waals surface area contributed by atoms with Crippen LogP contribution < -0.4 is 0 Å². The summed E-state index contributed by atoms with van der Waals surface area (Å²) in [6, 6.07) is 10.2. The first-order valence-corrected chi connectivity index (χ1v) is 7.16. The van der Waals surface area contributed by atoms with Crippen LogP contribution in [0, 0.1) is 0 Å². The van der Waals surface area contributed by atoms with Crippen molar-refractivity contribution in [1.29, 1.82) is 0 Å². The number of pyridine rings is 1. The van der Waals surface area contributed by atoms with Gasteiger partial charge in [0.15, 0.2) is 9.84 Å². The van der Waals surface area contributed by atoms with E-state index in [-0.39, 0.29) is 0 Å². The van der Waals surface area contributed by atoms with Gasteiger partial charge in [0, 0.05) is 12.5 Å². The van der Waals surface area contributed by atoms with Crippen LogP contribution in [0.1, 0.15) is 0 Å². The van der Waals surface area contributed by atoms with Crippen molar-refractivity contribution in [1.82, 2.24) is 4.98 Å². The highest BCUT2D eigenvalue weighted by Gasteiger charge is 2.06. The summed E-state index contributed by atoms with van der Waals surface area (Å²) < 4.78 is 22.6. The Labute approximate surface area is 105 Å². The zero-order chi connectivity index (χ0) is 12.5. The van der Waals surface area contributed by atoms with Crippen molar-refractivity contribution in [3.63, 3.8) is 0 Å². The lowest BCUT2D eigenvalue weighted by Gasteiger charge is -2.03. The Balaban J connectivity index is 2.43. The van der Waals surface area contributed by atoms with Crippen LogP contribution in [0.25, 0.3) is 11.1 Å². The molecule has 0 aliphatic rings. The zero-order valence-corrected chi connectivity index (χ0v) is 10.7. The smallest absolute Gasteiger partial charge is 0.175 e. The molecule has 1 heterocycles. The van der Waals surface area contributed by atoms with Crippen molar-refractivity contribution in [3.8, 4) is 11.1 Å². The standard InChI is InChI=1S/C12H10ClNO2S/c1-17(15,16)11-4-2-9(3-5-11)10-6-7-14-12(13)8-10/h2-8H,1H3. The number of sulfone groups is 1. The van der Waals surface area contributed by atoms with Crippen molar-refractivity contribution >= 4 is 21.4 Å². The predicted molar refractivity (Wildman–Crippen MR) is 67.8 cm³/mol. The van der Waals surface area contributed by atoms with Gasteiger partial charge in [-0.1, -0.05) is 23.7 Å². The molecule has 0 unspecified atom stereocenters. The maximum atomic E-state index is 11.3. The van der Waals surface area contributed by atoms with Crippen molar-refractivity contribution in [2.24, 2.45) is 0 Å². The van der Waals surface area contributed by atoms with Gasteiger partial charge in [-0.3, -0.25) is 0 Å². The number of halogens is 1. The Morgan fingerprint density at radius 1 is 1.06 bits per heavy atom. The maximum absolute atomic E-state index is 11.3. The van der Waals surface area contributed by atoms with E-state index in [9.17, 15) is 8.42 Å². The summed E-state index contributed by atoms with van der Waals surface area (Å²) in [5.41, 5.74) is 1.81. The third-order valence-electron chi connectivity index (χ3n) is 2.34. The Hall–Kier alpha value is -1.39. The molecule has 88 valence electrons. The van der Waals surface area contributed by atoms with E-state index in [1.807, 2.05) is 6.07 Å². The van der Waals surface area contributed by atoms with Crippen molar-refractivity contribution in [2.75, 3.05) is 6.26 Å². The molecule has 0 fully saturated rings. The lowest BCUT2D eigenvalue weighted by atomic mass is 10.1. The normalized spacial score (nSPS) is 11.4. The fourth-order valence-electron chi connectivity index (χ4n) is 1.48. The molecule has 0 radical (unpaired) electrons. The van der Waals surface area contributed by atoms with Gasteiger partial charge in [0.2, 0.25) is 0 Å². The quantitative estimate of drug-likeness (QED) is 0.786. The van der Waals surface area contributed by atoms with Crippen LogP contribution >= 0.6 is 11.6 Å². The molecule has 0 aliphatic heterocycles. The molecular weight excluding hydrogens is 258 g/mol. The Bertz CT molecular complexity index is 636. The molecule has 5 heteroatoms. The van der Waals surface area contributed by atoms with E-state index in [0.717, 1.165) is 11.1 Å². The van der Waals surface area contributed by atoms with Crippen LogP contribution in [0.5, 0.6) is 0 Å². The maximum Gasteiger partial charge on any atom is 0.175 e. The molecule has 1 aromatic heterocycles. The minimum absolute atomic E-state index is 0.307. The van der Waals surface area contributed by atoms with Gasteiger partial charge in [-0.2, -0.15) is 0 Å². The van der Waals surface area contributed by atoms with E-state index < -0.39 is 9.84 Å². The number of nitrogens with zero attached hydrogens (tertiary/aromatic N) is 1. The number of hydrogen-bond acceptors (Lipinski definition) is 3. The van der Waals surface area contributed by atoms with E-state index in [0.29, 0.717) is 10.0 Å². The van der Waals surface area contributed by atoms with Gasteiger partial charge < -0.3 is 0 Å². The molecule has 0 atom stereocenters. The van der Waals surface area contributed by atoms with Crippen LogP contribution in [-0.4, -0.2) is 19.7 Å². The fraction of sp³-hybridized carbons (Fsp3) is 0.0833. The van der Waals surface area contributed by atoms with E-state index >= 15 is 0 Å². The second-order valence-electron chi connectivity index (χ2n) is 3.66. The lowest BCUT2D eigenvalue weighted by Crippen LogP contribution is -1.96. The van der Waals surface area contributed by atoms with Gasteiger partial charge in [-0.15, -0.1) is 0 Å². The molecule has 0 amide bonds. The summed E-state index contributed by atoms with van der Waals surface area (Å²) in [6.45, 7) is 0. The molecule has 0 aliphatic carbocycles. The number of hydrogen-bond donors (Lipinski definition) is 0. The van der Waals surface area contributed by atoms with E-state index in [4.69, 9.17) is 11.6 Å². The van der Waals surface area contributed by atoms with Gasteiger partial charge in [-0.05, 0) is 35.4 Å². The van der Waals surface area contributed by atoms with E-state index in [2.05, 4.69) is 4.98 Å². The molecule has 2 aromatic rings. The van der Waals surface area contributed by atoms with E-state index in [1.165, 1.54) is 6.26 Å². The van der Waals surface area contributed by atoms with Crippen LogP contribution in [-0.2, 0) is 9.84 Å². The summed E-state index contributed by atoms with van der Waals surface area (Å²) in [6.07, 6.45) is 2.80. The first-order chi connectivity index (χ1) is 7.97. The van der Waals surface area contributed by atoms with Crippen LogP contribution in [0.4, 0.5) is 0 Å². The van der Waals surface area contributed by atoms with Crippen molar-refractivity contribution in [2.45, 2.75) is 4.90 Å². The summed E-state index contributed by atoms with van der Waals surface area (Å²) in [4.78, 5) is 4.20. The van der Waals surface area contributed by atoms with Crippen molar-refractivity contribution in [3.05, 3.63) is 47.7 Å². The minimum atomic E-state index is -3.15. The Morgan fingerprint density at radius 3 is 2.24 bits per heavy atom. The molecule has 0 saturated carbocycles. The van der Waals surface area contributed by atoms with Gasteiger partial charge in [-0.25, -0.2) is 13.4 Å². The summed E-state index contributed by atoms with van der Waals surface area (Å²) in [5.74, 6) is 0. The molecule has 3 nitrogen and oxygen atoms in total. The highest BCUT2D eigenvalue weighted by Crippen LogP contribution is 2.22. The summed E-state index contributed by atoms with van der Waals surface area (Å²) in [7, 11) is -3.15. The predicted octanol–water partition coefficient (Wildman–Crippen LogP) is 2.81. The molecular formula is C12H10ClNO2S. The van der Waals surface area contributed by atoms with Crippen LogP contribution in [0.3, 0.4) is 0 Å². The van der Waals surface area contributed by atoms with Gasteiger partial charge in [0.25, 0.3) is 0 Å². The van der Waals surface area contributed by atoms with E-state index in [1.54, 1.807) is 36.5 Å². The molecule has 0 bridgehead atoms. The third-order valence-corrected chi connectivity index (χ3v) is 3.68. The second-order valence-corrected chi connectivity index (χ2v) is 6.07. The third kappa shape index (κ3) is 2.84.